The Bertz CT molecular complexity index is 541. The fourth-order valence-corrected chi connectivity index (χ4v) is 3.83. The van der Waals surface area contributed by atoms with Crippen LogP contribution in [-0.4, -0.2) is 47.6 Å². The Balaban J connectivity index is 2.65. The van der Waals surface area contributed by atoms with Gasteiger partial charge in [-0.15, -0.1) is 0 Å². The number of aliphatic hydroxyl groups excluding tert-OH is 2. The Hall–Kier alpha value is -1.66. The van der Waals surface area contributed by atoms with Gasteiger partial charge in [0.1, 0.15) is 6.10 Å². The number of rotatable bonds is 13. The van der Waals surface area contributed by atoms with Crippen LogP contribution in [0.1, 0.15) is 71.6 Å². The Morgan fingerprint density at radius 2 is 1.97 bits per heavy atom. The van der Waals surface area contributed by atoms with Crippen LogP contribution in [-0.2, 0) is 19.1 Å². The van der Waals surface area contributed by atoms with Crippen molar-refractivity contribution in [2.24, 2.45) is 11.8 Å². The topological polar surface area (TPSA) is 93.1 Å². The number of unbranched alkanes of at least 4 members (excludes halogenated alkanes) is 3. The molecule has 0 aromatic carbocycles. The summed E-state index contributed by atoms with van der Waals surface area (Å²) in [5, 5.41) is 20.7. The SMILES string of the molecule is CCCCC[C@H](O)C=C[C@@H]1[C@@H](CC=CCCCC(=O)OC)[C@@H](OC(C)=O)C[C@H]1O. The molecule has 0 heterocycles. The third-order valence-electron chi connectivity index (χ3n) is 5.42. The maximum absolute atomic E-state index is 11.5. The number of hydrogen-bond donors (Lipinski definition) is 2. The molecular weight excluding hydrogens is 372 g/mol. The van der Waals surface area contributed by atoms with Crippen LogP contribution in [0.5, 0.6) is 0 Å². The predicted molar refractivity (Wildman–Crippen MR) is 112 cm³/mol. The number of methoxy groups -OCH3 is 1. The second-order valence-corrected chi connectivity index (χ2v) is 7.82. The molecule has 1 rings (SSSR count). The van der Waals surface area contributed by atoms with Crippen LogP contribution in [0.15, 0.2) is 24.3 Å². The first kappa shape index (κ1) is 25.4. The zero-order chi connectivity index (χ0) is 21.6. The average molecular weight is 411 g/mol. The number of ether oxygens (including phenoxy) is 2. The summed E-state index contributed by atoms with van der Waals surface area (Å²) in [7, 11) is 1.38. The van der Waals surface area contributed by atoms with Gasteiger partial charge in [0.15, 0.2) is 0 Å². The Morgan fingerprint density at radius 1 is 1.21 bits per heavy atom. The largest absolute Gasteiger partial charge is 0.469 e. The highest BCUT2D eigenvalue weighted by molar-refractivity contribution is 5.69. The maximum Gasteiger partial charge on any atom is 0.305 e. The quantitative estimate of drug-likeness (QED) is 0.273. The van der Waals surface area contributed by atoms with Gasteiger partial charge in [0, 0.05) is 31.6 Å². The van der Waals surface area contributed by atoms with Crippen LogP contribution in [0.3, 0.4) is 0 Å². The summed E-state index contributed by atoms with van der Waals surface area (Å²) in [6.45, 7) is 3.51. The van der Waals surface area contributed by atoms with Crippen molar-refractivity contribution >= 4 is 11.9 Å². The lowest BCUT2D eigenvalue weighted by molar-refractivity contribution is -0.148. The summed E-state index contributed by atoms with van der Waals surface area (Å²) in [4.78, 5) is 22.6. The predicted octanol–water partition coefficient (Wildman–Crippen LogP) is 3.70. The first-order valence-electron chi connectivity index (χ1n) is 10.8. The fraction of sp³-hybridized carbons (Fsp3) is 0.739. The molecule has 1 aliphatic rings. The van der Waals surface area contributed by atoms with Crippen molar-refractivity contribution < 1.29 is 29.3 Å². The van der Waals surface area contributed by atoms with Crippen molar-refractivity contribution in [3.8, 4) is 0 Å². The van der Waals surface area contributed by atoms with Gasteiger partial charge in [-0.05, 0) is 25.7 Å². The third-order valence-corrected chi connectivity index (χ3v) is 5.42. The van der Waals surface area contributed by atoms with E-state index < -0.39 is 12.2 Å². The number of carbonyl (C=O) groups excluding carboxylic acids is 2. The van der Waals surface area contributed by atoms with Gasteiger partial charge in [-0.25, -0.2) is 0 Å². The van der Waals surface area contributed by atoms with E-state index in [9.17, 15) is 19.8 Å². The van der Waals surface area contributed by atoms with E-state index >= 15 is 0 Å². The highest BCUT2D eigenvalue weighted by Gasteiger charge is 2.42. The monoisotopic (exact) mass is 410 g/mol. The van der Waals surface area contributed by atoms with Gasteiger partial charge in [-0.2, -0.15) is 0 Å². The lowest BCUT2D eigenvalue weighted by Crippen LogP contribution is -2.24. The summed E-state index contributed by atoms with van der Waals surface area (Å²) < 4.78 is 10.1. The summed E-state index contributed by atoms with van der Waals surface area (Å²) in [5.74, 6) is -0.766. The molecule has 2 N–H and O–H groups in total. The van der Waals surface area contributed by atoms with Crippen LogP contribution >= 0.6 is 0 Å². The standard InChI is InChI=1S/C23H38O6/c1-4-5-8-11-18(25)14-15-19-20(22(16-21(19)26)29-17(2)24)12-9-6-7-10-13-23(27)28-3/h6,9,14-15,18-22,25-26H,4-5,7-8,10-13,16H2,1-3H3/t18-,19+,20+,21+,22-/m0/s1. The fourth-order valence-electron chi connectivity index (χ4n) is 3.83. The highest BCUT2D eigenvalue weighted by Crippen LogP contribution is 2.38. The third kappa shape index (κ3) is 10.1. The Morgan fingerprint density at radius 3 is 2.62 bits per heavy atom. The molecule has 0 amide bonds. The summed E-state index contributed by atoms with van der Waals surface area (Å²) in [6.07, 6.45) is 13.1. The molecule has 6 heteroatoms. The van der Waals surface area contributed by atoms with E-state index in [0.29, 0.717) is 25.7 Å². The van der Waals surface area contributed by atoms with E-state index in [2.05, 4.69) is 11.7 Å². The normalized spacial score (nSPS) is 25.6. The molecule has 0 unspecified atom stereocenters. The molecule has 0 aliphatic heterocycles. The number of aliphatic hydroxyl groups is 2. The zero-order valence-electron chi connectivity index (χ0n) is 18.1. The van der Waals surface area contributed by atoms with Crippen molar-refractivity contribution in [3.05, 3.63) is 24.3 Å². The van der Waals surface area contributed by atoms with Gasteiger partial charge in [0.05, 0.1) is 19.3 Å². The van der Waals surface area contributed by atoms with Gasteiger partial charge in [-0.3, -0.25) is 9.59 Å². The van der Waals surface area contributed by atoms with Crippen molar-refractivity contribution in [2.45, 2.75) is 89.9 Å². The van der Waals surface area contributed by atoms with E-state index in [1.807, 2.05) is 18.2 Å². The average Bonchev–Trinajstić information content (AvgIpc) is 2.96. The van der Waals surface area contributed by atoms with Crippen molar-refractivity contribution in [3.63, 3.8) is 0 Å². The van der Waals surface area contributed by atoms with E-state index in [4.69, 9.17) is 4.74 Å². The zero-order valence-corrected chi connectivity index (χ0v) is 18.1. The minimum absolute atomic E-state index is 0.0372. The lowest BCUT2D eigenvalue weighted by atomic mass is 9.89. The van der Waals surface area contributed by atoms with Crippen LogP contribution in [0.25, 0.3) is 0 Å². The van der Waals surface area contributed by atoms with Crippen LogP contribution in [0.4, 0.5) is 0 Å². The Kier molecular flexibility index (Phi) is 12.6. The summed E-state index contributed by atoms with van der Waals surface area (Å²) >= 11 is 0. The smallest absolute Gasteiger partial charge is 0.305 e. The second-order valence-electron chi connectivity index (χ2n) is 7.82. The summed E-state index contributed by atoms with van der Waals surface area (Å²) in [5.41, 5.74) is 0. The molecule has 166 valence electrons. The molecular formula is C23H38O6. The lowest BCUT2D eigenvalue weighted by Gasteiger charge is -2.22. The molecule has 0 aromatic rings. The molecule has 1 saturated carbocycles. The molecule has 0 saturated heterocycles. The number of hydrogen-bond acceptors (Lipinski definition) is 6. The van der Waals surface area contributed by atoms with E-state index in [0.717, 1.165) is 32.1 Å². The van der Waals surface area contributed by atoms with Gasteiger partial charge in [-0.1, -0.05) is 50.5 Å². The summed E-state index contributed by atoms with van der Waals surface area (Å²) in [6, 6.07) is 0. The molecule has 5 atom stereocenters. The molecule has 1 aliphatic carbocycles. The highest BCUT2D eigenvalue weighted by atomic mass is 16.5. The number of allylic oxidation sites excluding steroid dienone is 2. The van der Waals surface area contributed by atoms with E-state index in [-0.39, 0.29) is 29.9 Å². The van der Waals surface area contributed by atoms with Crippen molar-refractivity contribution in [1.29, 1.82) is 0 Å². The molecule has 0 spiro atoms. The second kappa shape index (κ2) is 14.3. The van der Waals surface area contributed by atoms with E-state index in [1.54, 1.807) is 6.08 Å². The molecule has 6 nitrogen and oxygen atoms in total. The van der Waals surface area contributed by atoms with Crippen molar-refractivity contribution in [1.82, 2.24) is 0 Å². The first-order chi connectivity index (χ1) is 13.9. The number of carbonyl (C=O) groups is 2. The minimum atomic E-state index is -0.601. The van der Waals surface area contributed by atoms with E-state index in [1.165, 1.54) is 14.0 Å². The molecule has 0 radical (unpaired) electrons. The van der Waals surface area contributed by atoms with Crippen molar-refractivity contribution in [2.75, 3.05) is 7.11 Å². The maximum atomic E-state index is 11.5. The molecule has 29 heavy (non-hydrogen) atoms. The van der Waals surface area contributed by atoms with Gasteiger partial charge in [0.2, 0.25) is 0 Å². The van der Waals surface area contributed by atoms with Crippen LogP contribution in [0.2, 0.25) is 0 Å². The van der Waals surface area contributed by atoms with Gasteiger partial charge < -0.3 is 19.7 Å². The van der Waals surface area contributed by atoms with Gasteiger partial charge in [0.25, 0.3) is 0 Å². The first-order valence-corrected chi connectivity index (χ1v) is 10.8. The minimum Gasteiger partial charge on any atom is -0.469 e. The molecule has 1 fully saturated rings. The van der Waals surface area contributed by atoms with Gasteiger partial charge >= 0.3 is 11.9 Å². The molecule has 0 bridgehead atoms. The number of esters is 2. The van der Waals surface area contributed by atoms with Crippen LogP contribution in [0, 0.1) is 11.8 Å². The van der Waals surface area contributed by atoms with Crippen LogP contribution < -0.4 is 0 Å². The Labute approximate surface area is 175 Å². The molecule has 0 aromatic heterocycles.